The summed E-state index contributed by atoms with van der Waals surface area (Å²) in [5, 5.41) is 8.08. The van der Waals surface area contributed by atoms with Crippen LogP contribution in [0.2, 0.25) is 0 Å². The van der Waals surface area contributed by atoms with Crippen molar-refractivity contribution in [3.63, 3.8) is 0 Å². The van der Waals surface area contributed by atoms with Crippen molar-refractivity contribution < 1.29 is 4.79 Å². The van der Waals surface area contributed by atoms with Crippen molar-refractivity contribution in [3.05, 3.63) is 66.4 Å². The summed E-state index contributed by atoms with van der Waals surface area (Å²) < 4.78 is 3.89. The van der Waals surface area contributed by atoms with Crippen LogP contribution in [-0.2, 0) is 13.1 Å². The second kappa shape index (κ2) is 7.78. The molecule has 0 saturated heterocycles. The molecule has 29 heavy (non-hydrogen) atoms. The van der Waals surface area contributed by atoms with Crippen molar-refractivity contribution in [2.45, 2.75) is 33.0 Å². The lowest BCUT2D eigenvalue weighted by molar-refractivity contribution is 0.0779. The molecule has 0 bridgehead atoms. The predicted molar refractivity (Wildman–Crippen MR) is 107 cm³/mol. The van der Waals surface area contributed by atoms with Gasteiger partial charge in [-0.25, -0.2) is 9.97 Å². The zero-order valence-corrected chi connectivity index (χ0v) is 16.6. The van der Waals surface area contributed by atoms with Gasteiger partial charge in [0.05, 0.1) is 25.0 Å². The lowest BCUT2D eigenvalue weighted by Gasteiger charge is -2.18. The topological polar surface area (TPSA) is 94.6 Å². The molecule has 0 fully saturated rings. The molecule has 0 radical (unpaired) electrons. The van der Waals surface area contributed by atoms with Crippen molar-refractivity contribution in [1.82, 2.24) is 39.2 Å². The molecule has 0 atom stereocenters. The quantitative estimate of drug-likeness (QED) is 0.501. The zero-order valence-electron chi connectivity index (χ0n) is 16.6. The molecule has 0 aliphatic carbocycles. The maximum Gasteiger partial charge on any atom is 0.255 e. The van der Waals surface area contributed by atoms with Crippen LogP contribution in [0.25, 0.3) is 11.2 Å². The number of pyridine rings is 2. The monoisotopic (exact) mass is 390 g/mol. The van der Waals surface area contributed by atoms with Crippen molar-refractivity contribution >= 4 is 17.1 Å². The number of rotatable bonds is 6. The molecule has 148 valence electrons. The lowest BCUT2D eigenvalue weighted by atomic mass is 10.2. The molecule has 0 aliphatic heterocycles. The fourth-order valence-electron chi connectivity index (χ4n) is 3.19. The molecular weight excluding hydrogens is 368 g/mol. The Kier molecular flexibility index (Phi) is 5.03. The smallest absolute Gasteiger partial charge is 0.255 e. The van der Waals surface area contributed by atoms with Crippen LogP contribution in [0.5, 0.6) is 0 Å². The molecule has 0 saturated carbocycles. The van der Waals surface area contributed by atoms with Crippen LogP contribution in [-0.4, -0.2) is 52.1 Å². The van der Waals surface area contributed by atoms with E-state index < -0.39 is 0 Å². The average Bonchev–Trinajstić information content (AvgIpc) is 3.35. The first-order chi connectivity index (χ1) is 14.0. The molecule has 4 aromatic heterocycles. The third-order valence-electron chi connectivity index (χ3n) is 4.71. The van der Waals surface area contributed by atoms with E-state index in [0.29, 0.717) is 24.2 Å². The highest BCUT2D eigenvalue weighted by atomic mass is 16.2. The van der Waals surface area contributed by atoms with E-state index in [4.69, 9.17) is 0 Å². The Morgan fingerprint density at radius 1 is 1.21 bits per heavy atom. The maximum absolute atomic E-state index is 12.9. The Bertz CT molecular complexity index is 1130. The molecule has 0 aromatic carbocycles. The third-order valence-corrected chi connectivity index (χ3v) is 4.71. The summed E-state index contributed by atoms with van der Waals surface area (Å²) in [6, 6.07) is 5.90. The first kappa shape index (κ1) is 18.7. The van der Waals surface area contributed by atoms with Crippen molar-refractivity contribution in [1.29, 1.82) is 0 Å². The highest BCUT2D eigenvalue weighted by Crippen LogP contribution is 2.16. The predicted octanol–water partition coefficient (Wildman–Crippen LogP) is 2.32. The molecule has 0 unspecified atom stereocenters. The Morgan fingerprint density at radius 2 is 2.07 bits per heavy atom. The minimum atomic E-state index is -0.139. The molecule has 0 N–H and O–H groups in total. The number of aromatic nitrogens is 7. The second-order valence-electron chi connectivity index (χ2n) is 7.21. The van der Waals surface area contributed by atoms with Gasteiger partial charge in [0, 0.05) is 31.7 Å². The van der Waals surface area contributed by atoms with Gasteiger partial charge < -0.3 is 14.0 Å². The fourth-order valence-corrected chi connectivity index (χ4v) is 3.19. The minimum Gasteiger partial charge on any atom is -0.334 e. The number of nitrogens with zero attached hydrogens (tertiary/aromatic N) is 8. The van der Waals surface area contributed by atoms with Crippen LogP contribution >= 0.6 is 0 Å². The van der Waals surface area contributed by atoms with E-state index >= 15 is 0 Å². The second-order valence-corrected chi connectivity index (χ2v) is 7.21. The van der Waals surface area contributed by atoms with E-state index in [0.717, 1.165) is 17.0 Å². The molecule has 4 heterocycles. The molecule has 9 heteroatoms. The summed E-state index contributed by atoms with van der Waals surface area (Å²) in [6.07, 6.45) is 8.56. The SMILES string of the molecule is CC(C)n1cnnc1CN(C)C(=O)c1cnc2c(c1)ncn2Cc1cccnc1. The fraction of sp³-hybridized carbons (Fsp3) is 0.300. The van der Waals surface area contributed by atoms with E-state index in [1.165, 1.54) is 0 Å². The number of carbonyl (C=O) groups is 1. The van der Waals surface area contributed by atoms with Crippen molar-refractivity contribution in [2.75, 3.05) is 7.05 Å². The Hall–Kier alpha value is -3.62. The number of fused-ring (bicyclic) bond motifs is 1. The van der Waals surface area contributed by atoms with Gasteiger partial charge in [0.2, 0.25) is 0 Å². The molecular formula is C20H22N8O. The highest BCUT2D eigenvalue weighted by molar-refractivity contribution is 5.96. The van der Waals surface area contributed by atoms with E-state index in [9.17, 15) is 4.79 Å². The summed E-state index contributed by atoms with van der Waals surface area (Å²) in [5.74, 6) is 0.602. The van der Waals surface area contributed by atoms with Gasteiger partial charge >= 0.3 is 0 Å². The van der Waals surface area contributed by atoms with E-state index in [1.807, 2.05) is 41.3 Å². The Balaban J connectivity index is 1.53. The first-order valence-corrected chi connectivity index (χ1v) is 9.36. The molecule has 4 rings (SSSR count). The van der Waals surface area contributed by atoms with Gasteiger partial charge in [0.15, 0.2) is 11.5 Å². The van der Waals surface area contributed by atoms with Gasteiger partial charge in [0.1, 0.15) is 11.8 Å². The number of hydrogen-bond acceptors (Lipinski definition) is 6. The van der Waals surface area contributed by atoms with Gasteiger partial charge in [-0.1, -0.05) is 6.07 Å². The Labute approximate surface area is 168 Å². The number of hydrogen-bond donors (Lipinski definition) is 0. The minimum absolute atomic E-state index is 0.139. The summed E-state index contributed by atoms with van der Waals surface area (Å²) in [6.45, 7) is 5.09. The van der Waals surface area contributed by atoms with Crippen LogP contribution in [0.15, 0.2) is 49.4 Å². The van der Waals surface area contributed by atoms with Crippen molar-refractivity contribution in [3.8, 4) is 0 Å². The molecule has 4 aromatic rings. The summed E-state index contributed by atoms with van der Waals surface area (Å²) in [4.78, 5) is 27.5. The summed E-state index contributed by atoms with van der Waals surface area (Å²) in [5.41, 5.74) is 2.95. The van der Waals surface area contributed by atoms with Gasteiger partial charge in [-0.05, 0) is 31.5 Å². The van der Waals surface area contributed by atoms with E-state index in [-0.39, 0.29) is 11.9 Å². The third kappa shape index (κ3) is 3.84. The lowest BCUT2D eigenvalue weighted by Crippen LogP contribution is -2.28. The molecule has 1 amide bonds. The highest BCUT2D eigenvalue weighted by Gasteiger charge is 2.18. The van der Waals surface area contributed by atoms with Gasteiger partial charge in [-0.3, -0.25) is 9.78 Å². The van der Waals surface area contributed by atoms with Crippen molar-refractivity contribution in [2.24, 2.45) is 0 Å². The van der Waals surface area contributed by atoms with Crippen LogP contribution in [0, 0.1) is 0 Å². The normalized spacial score (nSPS) is 11.3. The van der Waals surface area contributed by atoms with Crippen LogP contribution < -0.4 is 0 Å². The maximum atomic E-state index is 12.9. The molecule has 9 nitrogen and oxygen atoms in total. The summed E-state index contributed by atoms with van der Waals surface area (Å²) >= 11 is 0. The van der Waals surface area contributed by atoms with Crippen LogP contribution in [0.4, 0.5) is 0 Å². The Morgan fingerprint density at radius 3 is 2.83 bits per heavy atom. The first-order valence-electron chi connectivity index (χ1n) is 9.36. The largest absolute Gasteiger partial charge is 0.334 e. The van der Waals surface area contributed by atoms with Crippen LogP contribution in [0.3, 0.4) is 0 Å². The number of carbonyl (C=O) groups excluding carboxylic acids is 1. The number of imidazole rings is 1. The van der Waals surface area contributed by atoms with Gasteiger partial charge in [-0.15, -0.1) is 10.2 Å². The standard InChI is InChI=1S/C20H22N8O/c1-14(2)28-13-24-25-18(28)11-26(3)20(29)16-7-17-19(22-9-16)27(12-23-17)10-15-5-4-6-21-8-15/h4-9,12-14H,10-11H2,1-3H3. The van der Waals surface area contributed by atoms with Crippen LogP contribution in [0.1, 0.15) is 41.6 Å². The zero-order chi connectivity index (χ0) is 20.4. The van der Waals surface area contributed by atoms with E-state index in [1.54, 1.807) is 43.1 Å². The number of amides is 1. The van der Waals surface area contributed by atoms with Gasteiger partial charge in [0.25, 0.3) is 5.91 Å². The average molecular weight is 390 g/mol. The molecule has 0 spiro atoms. The van der Waals surface area contributed by atoms with E-state index in [2.05, 4.69) is 25.1 Å². The molecule has 0 aliphatic rings. The summed E-state index contributed by atoms with van der Waals surface area (Å²) in [7, 11) is 1.74. The van der Waals surface area contributed by atoms with Gasteiger partial charge in [-0.2, -0.15) is 0 Å².